The minimum Gasteiger partial charge on any atom is -0.451 e. The molecule has 0 saturated carbocycles. The fourth-order valence-electron chi connectivity index (χ4n) is 3.22. The van der Waals surface area contributed by atoms with Gasteiger partial charge in [0, 0.05) is 10.6 Å². The molecule has 12 heteroatoms. The molecule has 3 aromatic rings. The largest absolute Gasteiger partial charge is 0.451 e. The van der Waals surface area contributed by atoms with Crippen molar-refractivity contribution in [2.75, 3.05) is 16.6 Å². The second-order valence-electron chi connectivity index (χ2n) is 7.15. The van der Waals surface area contributed by atoms with E-state index in [0.717, 1.165) is 37.0 Å². The molecule has 0 spiro atoms. The number of aromatic nitrogens is 2. The Bertz CT molecular complexity index is 1230. The van der Waals surface area contributed by atoms with Crippen molar-refractivity contribution < 1.29 is 22.7 Å². The van der Waals surface area contributed by atoms with Crippen LogP contribution in [0.5, 0.6) is 0 Å². The number of aryl methyl sites for hydroxylation is 3. The number of anilines is 2. The molecule has 2 N–H and O–H groups in total. The number of ether oxygens (including phenoxy) is 1. The molecule has 1 aliphatic carbocycles. The van der Waals surface area contributed by atoms with Gasteiger partial charge in [-0.1, -0.05) is 11.3 Å². The van der Waals surface area contributed by atoms with E-state index >= 15 is 0 Å². The van der Waals surface area contributed by atoms with Crippen molar-refractivity contribution in [3.8, 4) is 0 Å². The van der Waals surface area contributed by atoms with Gasteiger partial charge < -0.3 is 10.1 Å². The number of carbonyl (C=O) groups is 2. The number of nitrogens with zero attached hydrogens (tertiary/aromatic N) is 2. The number of benzene rings is 1. The highest BCUT2D eigenvalue weighted by Crippen LogP contribution is 2.30. The molecule has 2 aromatic heterocycles. The maximum absolute atomic E-state index is 12.4. The Morgan fingerprint density at radius 3 is 2.53 bits per heavy atom. The first-order valence-corrected chi connectivity index (χ1v) is 12.9. The minimum absolute atomic E-state index is 0.0106. The quantitative estimate of drug-likeness (QED) is 0.484. The third kappa shape index (κ3) is 5.31. The highest BCUT2D eigenvalue weighted by molar-refractivity contribution is 7.93. The predicted octanol–water partition coefficient (Wildman–Crippen LogP) is 3.38. The second-order valence-corrected chi connectivity index (χ2v) is 11.1. The van der Waals surface area contributed by atoms with Crippen molar-refractivity contribution >= 4 is 55.4 Å². The van der Waals surface area contributed by atoms with E-state index in [0.29, 0.717) is 15.6 Å². The molecule has 4 rings (SSSR count). The molecule has 32 heavy (non-hydrogen) atoms. The maximum atomic E-state index is 12.4. The highest BCUT2D eigenvalue weighted by atomic mass is 32.2. The van der Waals surface area contributed by atoms with E-state index < -0.39 is 28.5 Å². The van der Waals surface area contributed by atoms with Crippen LogP contribution in [0.2, 0.25) is 0 Å². The molecular weight excluding hydrogens is 472 g/mol. The number of thiophene rings is 1. The first kappa shape index (κ1) is 22.4. The lowest BCUT2D eigenvalue weighted by molar-refractivity contribution is -0.119. The minimum atomic E-state index is -3.82. The van der Waals surface area contributed by atoms with Crippen LogP contribution in [0.3, 0.4) is 0 Å². The Morgan fingerprint density at radius 2 is 1.84 bits per heavy atom. The van der Waals surface area contributed by atoms with E-state index in [-0.39, 0.29) is 10.0 Å². The Morgan fingerprint density at radius 1 is 1.09 bits per heavy atom. The topological polar surface area (TPSA) is 127 Å². The first-order valence-electron chi connectivity index (χ1n) is 9.82. The summed E-state index contributed by atoms with van der Waals surface area (Å²) in [6.07, 6.45) is 4.21. The van der Waals surface area contributed by atoms with Crippen molar-refractivity contribution in [1.82, 2.24) is 10.2 Å². The van der Waals surface area contributed by atoms with Gasteiger partial charge in [-0.15, -0.1) is 21.5 Å². The van der Waals surface area contributed by atoms with E-state index in [2.05, 4.69) is 20.2 Å². The SMILES string of the molecule is Cc1nnc(NS(=O)(=O)c2ccc(NC(=O)COC(=O)c3cc4c(s3)CCCC4)cc2)s1. The number of esters is 1. The number of amides is 1. The van der Waals surface area contributed by atoms with Crippen molar-refractivity contribution in [3.05, 3.63) is 50.7 Å². The van der Waals surface area contributed by atoms with Crippen molar-refractivity contribution in [1.29, 1.82) is 0 Å². The zero-order chi connectivity index (χ0) is 22.7. The second kappa shape index (κ2) is 9.35. The van der Waals surface area contributed by atoms with Gasteiger partial charge in [0.25, 0.3) is 15.9 Å². The Hall–Kier alpha value is -2.83. The summed E-state index contributed by atoms with van der Waals surface area (Å²) in [4.78, 5) is 26.1. The summed E-state index contributed by atoms with van der Waals surface area (Å²) >= 11 is 2.55. The van der Waals surface area contributed by atoms with Crippen LogP contribution in [0.15, 0.2) is 35.2 Å². The van der Waals surface area contributed by atoms with E-state index in [1.807, 2.05) is 6.07 Å². The maximum Gasteiger partial charge on any atom is 0.348 e. The number of fused-ring (bicyclic) bond motifs is 1. The fraction of sp³-hybridized carbons (Fsp3) is 0.300. The van der Waals surface area contributed by atoms with Gasteiger partial charge in [-0.3, -0.25) is 9.52 Å². The number of carbonyl (C=O) groups excluding carboxylic acids is 2. The molecule has 1 aromatic carbocycles. The molecule has 0 fully saturated rings. The summed E-state index contributed by atoms with van der Waals surface area (Å²) in [5.74, 6) is -1.03. The molecule has 0 atom stereocenters. The van der Waals surface area contributed by atoms with Crippen LogP contribution >= 0.6 is 22.7 Å². The van der Waals surface area contributed by atoms with Gasteiger partial charge in [0.1, 0.15) is 9.88 Å². The van der Waals surface area contributed by atoms with Crippen molar-refractivity contribution in [2.24, 2.45) is 0 Å². The number of hydrogen-bond donors (Lipinski definition) is 2. The normalized spacial score (nSPS) is 13.3. The smallest absolute Gasteiger partial charge is 0.348 e. The molecule has 168 valence electrons. The number of rotatable bonds is 7. The number of sulfonamides is 1. The van der Waals surface area contributed by atoms with Gasteiger partial charge in [-0.05, 0) is 68.5 Å². The molecule has 2 heterocycles. The number of hydrogen-bond acceptors (Lipinski definition) is 9. The molecule has 9 nitrogen and oxygen atoms in total. The molecule has 1 aliphatic rings. The van der Waals surface area contributed by atoms with Crippen LogP contribution < -0.4 is 10.0 Å². The van der Waals surface area contributed by atoms with Gasteiger partial charge in [-0.2, -0.15) is 0 Å². The third-order valence-corrected chi connectivity index (χ3v) is 8.18. The zero-order valence-corrected chi connectivity index (χ0v) is 19.5. The zero-order valence-electron chi connectivity index (χ0n) is 17.1. The fourth-order valence-corrected chi connectivity index (χ4v) is 6.19. The Labute approximate surface area is 192 Å². The summed E-state index contributed by atoms with van der Waals surface area (Å²) in [6.45, 7) is 1.29. The van der Waals surface area contributed by atoms with Gasteiger partial charge in [0.15, 0.2) is 6.61 Å². The average Bonchev–Trinajstić information content (AvgIpc) is 3.38. The van der Waals surface area contributed by atoms with E-state index in [1.54, 1.807) is 6.92 Å². The lowest BCUT2D eigenvalue weighted by atomic mass is 9.99. The Balaban J connectivity index is 1.30. The highest BCUT2D eigenvalue weighted by Gasteiger charge is 2.19. The summed E-state index contributed by atoms with van der Waals surface area (Å²) in [7, 11) is -3.82. The lowest BCUT2D eigenvalue weighted by Gasteiger charge is -2.08. The molecule has 0 bridgehead atoms. The van der Waals surface area contributed by atoms with Crippen LogP contribution in [0.25, 0.3) is 0 Å². The van der Waals surface area contributed by atoms with Crippen LogP contribution in [0.1, 0.15) is 38.0 Å². The molecule has 0 aliphatic heterocycles. The average molecular weight is 493 g/mol. The molecule has 1 amide bonds. The van der Waals surface area contributed by atoms with Crippen LogP contribution in [-0.4, -0.2) is 37.1 Å². The summed E-state index contributed by atoms with van der Waals surface area (Å²) in [6, 6.07) is 7.47. The van der Waals surface area contributed by atoms with E-state index in [4.69, 9.17) is 4.74 Å². The standard InChI is InChI=1S/C20H20N4O5S3/c1-12-22-23-20(30-12)24-32(27,28)15-8-6-14(7-9-15)21-18(25)11-29-19(26)17-10-13-4-2-3-5-16(13)31-17/h6-10H,2-5,11H2,1H3,(H,21,25)(H,23,24). The Kier molecular flexibility index (Phi) is 6.53. The van der Waals surface area contributed by atoms with Gasteiger partial charge >= 0.3 is 5.97 Å². The first-order chi connectivity index (χ1) is 15.3. The molecule has 0 unspecified atom stereocenters. The molecule has 0 radical (unpaired) electrons. The van der Waals surface area contributed by atoms with Crippen molar-refractivity contribution in [3.63, 3.8) is 0 Å². The summed E-state index contributed by atoms with van der Waals surface area (Å²) < 4.78 is 32.3. The van der Waals surface area contributed by atoms with E-state index in [1.165, 1.54) is 46.0 Å². The summed E-state index contributed by atoms with van der Waals surface area (Å²) in [5.41, 5.74) is 1.58. The van der Waals surface area contributed by atoms with Crippen LogP contribution in [0, 0.1) is 6.92 Å². The molecule has 0 saturated heterocycles. The van der Waals surface area contributed by atoms with Gasteiger partial charge in [-0.25, -0.2) is 13.2 Å². The monoisotopic (exact) mass is 492 g/mol. The molecular formula is C20H20N4O5S3. The predicted molar refractivity (Wildman–Crippen MR) is 122 cm³/mol. The van der Waals surface area contributed by atoms with E-state index in [9.17, 15) is 18.0 Å². The summed E-state index contributed by atoms with van der Waals surface area (Å²) in [5, 5.41) is 10.9. The van der Waals surface area contributed by atoms with Crippen LogP contribution in [-0.2, 0) is 32.4 Å². The van der Waals surface area contributed by atoms with Crippen molar-refractivity contribution in [2.45, 2.75) is 37.5 Å². The third-order valence-electron chi connectivity index (χ3n) is 4.73. The number of nitrogens with one attached hydrogen (secondary N) is 2. The lowest BCUT2D eigenvalue weighted by Crippen LogP contribution is -2.20. The van der Waals surface area contributed by atoms with Gasteiger partial charge in [0.2, 0.25) is 5.13 Å². The van der Waals surface area contributed by atoms with Gasteiger partial charge in [0.05, 0.1) is 4.90 Å². The van der Waals surface area contributed by atoms with Crippen LogP contribution in [0.4, 0.5) is 10.8 Å².